The van der Waals surface area contributed by atoms with Crippen LogP contribution in [0.25, 0.3) is 10.9 Å². The maximum Gasteiger partial charge on any atom is 0.264 e. The predicted octanol–water partition coefficient (Wildman–Crippen LogP) is 0.222. The Morgan fingerprint density at radius 3 is 2.59 bits per heavy atom. The molecule has 1 aromatic carbocycles. The van der Waals surface area contributed by atoms with Crippen LogP contribution in [-0.2, 0) is 21.2 Å². The highest BCUT2D eigenvalue weighted by atomic mass is 32.2. The largest absolute Gasteiger partial charge is 0.390 e. The number of sulfone groups is 1. The number of fused-ring (bicyclic) bond motifs is 1. The van der Waals surface area contributed by atoms with Crippen LogP contribution in [0, 0.1) is 29.6 Å². The second-order valence-corrected chi connectivity index (χ2v) is 10.6. The van der Waals surface area contributed by atoms with Crippen molar-refractivity contribution in [2.45, 2.75) is 49.7 Å². The molecule has 170 valence electrons. The summed E-state index contributed by atoms with van der Waals surface area (Å²) in [4.78, 5) is 12.0. The minimum absolute atomic E-state index is 0.0689. The van der Waals surface area contributed by atoms with Crippen LogP contribution < -0.4 is 5.48 Å². The first-order valence-electron chi connectivity index (χ1n) is 10.0. The summed E-state index contributed by atoms with van der Waals surface area (Å²) in [5.74, 6) is 10.4. The molecule has 1 saturated carbocycles. The molecule has 10 heteroatoms. The van der Waals surface area contributed by atoms with Gasteiger partial charge in [0.2, 0.25) is 0 Å². The Labute approximate surface area is 186 Å². The zero-order valence-corrected chi connectivity index (χ0v) is 18.6. The molecule has 1 fully saturated rings. The lowest BCUT2D eigenvalue weighted by Crippen LogP contribution is -2.49. The third-order valence-electron chi connectivity index (χ3n) is 5.88. The Bertz CT molecular complexity index is 1240. The number of aliphatic hydroxyl groups excluding tert-OH is 2. The Hall–Kier alpha value is -2.89. The Morgan fingerprint density at radius 2 is 1.97 bits per heavy atom. The summed E-state index contributed by atoms with van der Waals surface area (Å²) in [5, 5.41) is 33.1. The number of aryl methyl sites for hydroxylation is 1. The van der Waals surface area contributed by atoms with Crippen LogP contribution in [0.1, 0.15) is 31.7 Å². The maximum atomic E-state index is 12.1. The number of aliphatic hydroxyl groups is 2. The summed E-state index contributed by atoms with van der Waals surface area (Å²) in [5.41, 5.74) is 2.90. The van der Waals surface area contributed by atoms with E-state index in [-0.39, 0.29) is 18.9 Å². The lowest BCUT2D eigenvalue weighted by Gasteiger charge is -2.25. The number of hydroxylamine groups is 1. The van der Waals surface area contributed by atoms with Gasteiger partial charge < -0.3 is 10.2 Å². The molecular formula is C22H25N3O6S. The van der Waals surface area contributed by atoms with Gasteiger partial charge in [-0.25, -0.2) is 13.9 Å². The molecule has 1 aliphatic carbocycles. The Balaban J connectivity index is 1.73. The average Bonchev–Trinajstić information content (AvgIpc) is 3.29. The number of carbonyl (C=O) groups excluding carboxylic acids is 1. The maximum absolute atomic E-state index is 12.1. The fourth-order valence-corrected chi connectivity index (χ4v) is 4.45. The summed E-state index contributed by atoms with van der Waals surface area (Å²) >= 11 is 0. The number of hydrogen-bond acceptors (Lipinski definition) is 7. The van der Waals surface area contributed by atoms with Gasteiger partial charge in [-0.15, -0.1) is 0 Å². The number of benzene rings is 1. The van der Waals surface area contributed by atoms with E-state index in [2.05, 4.69) is 28.8 Å². The van der Waals surface area contributed by atoms with Gasteiger partial charge in [0, 0.05) is 29.7 Å². The van der Waals surface area contributed by atoms with Crippen molar-refractivity contribution in [2.24, 2.45) is 5.92 Å². The Kier molecular flexibility index (Phi) is 6.91. The number of nitrogens with zero attached hydrogens (tertiary/aromatic N) is 2. The van der Waals surface area contributed by atoms with E-state index in [1.165, 1.54) is 12.4 Å². The molecule has 0 saturated heterocycles. The zero-order valence-electron chi connectivity index (χ0n) is 17.7. The van der Waals surface area contributed by atoms with Crippen molar-refractivity contribution in [1.82, 2.24) is 15.3 Å². The Morgan fingerprint density at radius 1 is 1.28 bits per heavy atom. The van der Waals surface area contributed by atoms with Gasteiger partial charge in [0.15, 0.2) is 14.6 Å². The monoisotopic (exact) mass is 459 g/mol. The zero-order chi connectivity index (χ0) is 23.5. The lowest BCUT2D eigenvalue weighted by atomic mass is 10.1. The third-order valence-corrected chi connectivity index (χ3v) is 7.91. The minimum Gasteiger partial charge on any atom is -0.390 e. The molecule has 1 amide bonds. The topological polar surface area (TPSA) is 142 Å². The van der Waals surface area contributed by atoms with Crippen molar-refractivity contribution < 1.29 is 28.6 Å². The van der Waals surface area contributed by atoms with E-state index < -0.39 is 32.7 Å². The van der Waals surface area contributed by atoms with Crippen LogP contribution >= 0.6 is 0 Å². The molecule has 0 unspecified atom stereocenters. The van der Waals surface area contributed by atoms with E-state index in [0.29, 0.717) is 12.8 Å². The molecule has 32 heavy (non-hydrogen) atoms. The highest BCUT2D eigenvalue weighted by Crippen LogP contribution is 2.25. The molecule has 2 aromatic rings. The average molecular weight is 460 g/mol. The molecule has 4 atom stereocenters. The molecule has 4 N–H and O–H groups in total. The first-order chi connectivity index (χ1) is 15.0. The van der Waals surface area contributed by atoms with Crippen LogP contribution in [0.3, 0.4) is 0 Å². The van der Waals surface area contributed by atoms with Crippen molar-refractivity contribution in [3.8, 4) is 23.7 Å². The number of aromatic nitrogens is 2. The normalized spacial score (nSPS) is 22.3. The van der Waals surface area contributed by atoms with E-state index in [9.17, 15) is 23.4 Å². The van der Waals surface area contributed by atoms with E-state index in [4.69, 9.17) is 5.21 Å². The molecule has 0 bridgehead atoms. The van der Waals surface area contributed by atoms with Gasteiger partial charge in [-0.1, -0.05) is 11.8 Å². The first-order valence-corrected chi connectivity index (χ1v) is 11.9. The van der Waals surface area contributed by atoms with E-state index >= 15 is 0 Å². The van der Waals surface area contributed by atoms with Gasteiger partial charge in [0.25, 0.3) is 5.91 Å². The van der Waals surface area contributed by atoms with Crippen LogP contribution in [0.4, 0.5) is 0 Å². The third kappa shape index (κ3) is 4.95. The number of rotatable bonds is 5. The van der Waals surface area contributed by atoms with Gasteiger partial charge >= 0.3 is 0 Å². The number of hydrogen-bond donors (Lipinski definition) is 4. The molecule has 0 spiro atoms. The van der Waals surface area contributed by atoms with Gasteiger partial charge in [-0.3, -0.25) is 14.7 Å². The summed E-state index contributed by atoms with van der Waals surface area (Å²) in [6, 6.07) is 5.41. The molecule has 1 heterocycles. The first kappa shape index (κ1) is 23.8. The van der Waals surface area contributed by atoms with Crippen molar-refractivity contribution in [3.05, 3.63) is 30.0 Å². The van der Waals surface area contributed by atoms with Crippen molar-refractivity contribution in [1.29, 1.82) is 0 Å². The van der Waals surface area contributed by atoms with Crippen LogP contribution in [0.5, 0.6) is 0 Å². The predicted molar refractivity (Wildman–Crippen MR) is 117 cm³/mol. The number of nitrogens with one attached hydrogen (secondary N) is 1. The van der Waals surface area contributed by atoms with Gasteiger partial charge in [0.05, 0.1) is 23.9 Å². The molecule has 1 aliphatic rings. The second-order valence-electron chi connectivity index (χ2n) is 8.16. The minimum atomic E-state index is -3.79. The number of carbonyl (C=O) groups is 1. The standard InChI is InChI=1S/C22H25N3O6S/c1-22(21(28)24-29,32(2,30)31)9-10-25-18-8-7-15(11-17(18)14-23-25)5-3-4-6-16-12-19(26)20(27)13-16/h7-8,11,14,16,19-20,26-27,29H,9-10,12-13H2,1-2H3,(H,24,28)/t16-,19+,20-,22-/m1/s1. The van der Waals surface area contributed by atoms with Crippen molar-refractivity contribution in [3.63, 3.8) is 0 Å². The molecule has 9 nitrogen and oxygen atoms in total. The molecular weight excluding hydrogens is 434 g/mol. The highest BCUT2D eigenvalue weighted by Gasteiger charge is 2.43. The summed E-state index contributed by atoms with van der Waals surface area (Å²) in [6.07, 6.45) is 1.94. The quantitative estimate of drug-likeness (QED) is 0.285. The molecule has 0 radical (unpaired) electrons. The van der Waals surface area contributed by atoms with E-state index in [1.54, 1.807) is 23.0 Å². The van der Waals surface area contributed by atoms with Gasteiger partial charge in [-0.2, -0.15) is 5.10 Å². The van der Waals surface area contributed by atoms with E-state index in [1.807, 2.05) is 6.07 Å². The summed E-state index contributed by atoms with van der Waals surface area (Å²) in [6.45, 7) is 1.41. The van der Waals surface area contributed by atoms with Crippen molar-refractivity contribution in [2.75, 3.05) is 6.26 Å². The SMILES string of the molecule is C[C@@](CCn1ncc2cc(C#CC#C[C@H]3C[C@@H](O)[C@@H](O)C3)ccc21)(C(=O)NO)S(C)(=O)=O. The van der Waals surface area contributed by atoms with Crippen LogP contribution in [-0.4, -0.2) is 62.7 Å². The number of amides is 1. The smallest absolute Gasteiger partial charge is 0.264 e. The second kappa shape index (κ2) is 9.31. The van der Waals surface area contributed by atoms with Gasteiger partial charge in [-0.05, 0) is 56.2 Å². The highest BCUT2D eigenvalue weighted by molar-refractivity contribution is 7.92. The van der Waals surface area contributed by atoms with Crippen molar-refractivity contribution >= 4 is 26.6 Å². The van der Waals surface area contributed by atoms with Crippen LogP contribution in [0.15, 0.2) is 24.4 Å². The molecule has 0 aliphatic heterocycles. The van der Waals surface area contributed by atoms with E-state index in [0.717, 1.165) is 22.7 Å². The summed E-state index contributed by atoms with van der Waals surface area (Å²) < 4.78 is 24.0. The summed E-state index contributed by atoms with van der Waals surface area (Å²) in [7, 11) is -3.79. The molecule has 1 aromatic heterocycles. The fraction of sp³-hybridized carbons (Fsp3) is 0.455. The lowest BCUT2D eigenvalue weighted by molar-refractivity contribution is -0.131. The van der Waals surface area contributed by atoms with Gasteiger partial charge in [0.1, 0.15) is 0 Å². The van der Waals surface area contributed by atoms with Crippen LogP contribution in [0.2, 0.25) is 0 Å². The molecule has 3 rings (SSSR count). The fourth-order valence-electron chi connectivity index (χ4n) is 3.60.